The molecular weight excluding hydrogens is 359 g/mol. The molecule has 1 atom stereocenters. The number of anilines is 2. The van der Waals surface area contributed by atoms with E-state index in [1.807, 2.05) is 4.90 Å². The van der Waals surface area contributed by atoms with Gasteiger partial charge in [0.05, 0.1) is 29.5 Å². The van der Waals surface area contributed by atoms with Gasteiger partial charge in [0, 0.05) is 26.1 Å². The Bertz CT molecular complexity index is 730. The van der Waals surface area contributed by atoms with Crippen molar-refractivity contribution in [1.82, 2.24) is 10.6 Å². The van der Waals surface area contributed by atoms with Crippen LogP contribution in [0.4, 0.5) is 20.6 Å². The topological polar surface area (TPSA) is 73.9 Å². The van der Waals surface area contributed by atoms with Crippen LogP contribution in [0, 0.1) is 5.82 Å². The van der Waals surface area contributed by atoms with Crippen molar-refractivity contribution >= 4 is 40.6 Å². The Hall–Kier alpha value is -2.42. The lowest BCUT2D eigenvalue weighted by molar-refractivity contribution is -0.120. The normalized spacial score (nSPS) is 20.5. The molecule has 140 valence electrons. The van der Waals surface area contributed by atoms with Crippen molar-refractivity contribution in [3.63, 3.8) is 0 Å². The number of thiocarbonyl (C=S) groups is 1. The molecule has 1 unspecified atom stereocenters. The molecule has 0 aromatic heterocycles. The highest BCUT2D eigenvalue weighted by Gasteiger charge is 2.32. The summed E-state index contributed by atoms with van der Waals surface area (Å²) in [7, 11) is 0. The molecule has 2 aliphatic heterocycles. The molecule has 2 aliphatic rings. The summed E-state index contributed by atoms with van der Waals surface area (Å²) in [5.74, 6) is -0.462. The first-order valence-electron chi connectivity index (χ1n) is 8.48. The minimum atomic E-state index is -0.504. The van der Waals surface area contributed by atoms with Crippen LogP contribution < -0.4 is 20.4 Å². The summed E-state index contributed by atoms with van der Waals surface area (Å²) in [6.45, 7) is 3.98. The number of hydrogen-bond acceptors (Lipinski definition) is 5. The maximum Gasteiger partial charge on any atom is 0.414 e. The molecule has 0 radical (unpaired) electrons. The van der Waals surface area contributed by atoms with Crippen molar-refractivity contribution in [2.75, 3.05) is 42.5 Å². The van der Waals surface area contributed by atoms with Crippen LogP contribution >= 0.6 is 12.2 Å². The lowest BCUT2D eigenvalue weighted by Crippen LogP contribution is -2.32. The van der Waals surface area contributed by atoms with Crippen molar-refractivity contribution in [2.24, 2.45) is 0 Å². The largest absolute Gasteiger partial charge is 0.442 e. The van der Waals surface area contributed by atoms with Gasteiger partial charge in [-0.15, -0.1) is 0 Å². The van der Waals surface area contributed by atoms with Gasteiger partial charge in [0.1, 0.15) is 11.9 Å². The minimum Gasteiger partial charge on any atom is -0.442 e. The van der Waals surface area contributed by atoms with E-state index >= 15 is 0 Å². The van der Waals surface area contributed by atoms with Gasteiger partial charge in [-0.05, 0) is 25.1 Å². The van der Waals surface area contributed by atoms with Gasteiger partial charge >= 0.3 is 6.09 Å². The molecule has 7 nitrogen and oxygen atoms in total. The van der Waals surface area contributed by atoms with Crippen LogP contribution in [-0.2, 0) is 9.53 Å². The third-order valence-electron chi connectivity index (χ3n) is 4.35. The summed E-state index contributed by atoms with van der Waals surface area (Å²) >= 11 is 4.95. The molecule has 0 aliphatic carbocycles. The Kier molecular flexibility index (Phi) is 5.55. The van der Waals surface area contributed by atoms with E-state index in [2.05, 4.69) is 10.6 Å². The van der Waals surface area contributed by atoms with E-state index in [4.69, 9.17) is 17.0 Å². The molecule has 2 heterocycles. The molecule has 2 N–H and O–H groups in total. The van der Waals surface area contributed by atoms with Crippen molar-refractivity contribution in [1.29, 1.82) is 0 Å². The molecule has 1 aromatic carbocycles. The van der Waals surface area contributed by atoms with E-state index in [0.717, 1.165) is 0 Å². The number of amides is 2. The van der Waals surface area contributed by atoms with Crippen LogP contribution in [-0.4, -0.2) is 55.8 Å². The first-order chi connectivity index (χ1) is 12.4. The first-order valence-corrected chi connectivity index (χ1v) is 8.88. The molecule has 9 heteroatoms. The highest BCUT2D eigenvalue weighted by Crippen LogP contribution is 2.28. The quantitative estimate of drug-likeness (QED) is 0.770. The fourth-order valence-electron chi connectivity index (χ4n) is 3.02. The summed E-state index contributed by atoms with van der Waals surface area (Å²) in [5.41, 5.74) is 0.870. The fourth-order valence-corrected chi connectivity index (χ4v) is 3.11. The molecule has 0 saturated carbocycles. The van der Waals surface area contributed by atoms with Crippen LogP contribution in [0.1, 0.15) is 13.3 Å². The van der Waals surface area contributed by atoms with Gasteiger partial charge in [0.25, 0.3) is 0 Å². The summed E-state index contributed by atoms with van der Waals surface area (Å²) in [4.78, 5) is 27.4. The van der Waals surface area contributed by atoms with Gasteiger partial charge < -0.3 is 20.3 Å². The van der Waals surface area contributed by atoms with Gasteiger partial charge in [-0.3, -0.25) is 9.69 Å². The van der Waals surface area contributed by atoms with Crippen molar-refractivity contribution in [2.45, 2.75) is 19.4 Å². The number of cyclic esters (lactones) is 1. The van der Waals surface area contributed by atoms with Gasteiger partial charge in [-0.1, -0.05) is 12.2 Å². The first kappa shape index (κ1) is 18.4. The number of carbonyl (C=O) groups excluding carboxylic acids is 2. The van der Waals surface area contributed by atoms with Crippen LogP contribution in [0.3, 0.4) is 0 Å². The zero-order chi connectivity index (χ0) is 18.7. The van der Waals surface area contributed by atoms with E-state index in [1.54, 1.807) is 19.1 Å². The number of rotatable bonds is 4. The lowest BCUT2D eigenvalue weighted by atomic mass is 10.2. The van der Waals surface area contributed by atoms with Crippen LogP contribution in [0.15, 0.2) is 18.2 Å². The zero-order valence-corrected chi connectivity index (χ0v) is 15.3. The van der Waals surface area contributed by atoms with Crippen molar-refractivity contribution in [3.8, 4) is 0 Å². The predicted molar refractivity (Wildman–Crippen MR) is 100 cm³/mol. The Labute approximate surface area is 156 Å². The number of carbonyl (C=O) groups is 2. The number of hydrogen-bond donors (Lipinski definition) is 2. The fraction of sp³-hybridized carbons (Fsp3) is 0.471. The molecule has 3 rings (SSSR count). The number of halogens is 1. The van der Waals surface area contributed by atoms with Crippen LogP contribution in [0.5, 0.6) is 0 Å². The third kappa shape index (κ3) is 4.21. The van der Waals surface area contributed by atoms with Gasteiger partial charge in [-0.25, -0.2) is 9.18 Å². The van der Waals surface area contributed by atoms with E-state index in [-0.39, 0.29) is 12.0 Å². The SMILES string of the molecule is CC(=S)NCC1CN(c2ccc(N3CCNC(=O)CC3)c(F)c2)C(=O)O1. The average molecular weight is 380 g/mol. The van der Waals surface area contributed by atoms with Gasteiger partial charge in [0.2, 0.25) is 5.91 Å². The summed E-state index contributed by atoms with van der Waals surface area (Å²) in [5, 5.41) is 5.73. The second-order valence-electron chi connectivity index (χ2n) is 6.28. The Morgan fingerprint density at radius 2 is 2.23 bits per heavy atom. The summed E-state index contributed by atoms with van der Waals surface area (Å²) in [6.07, 6.45) is -0.519. The maximum atomic E-state index is 14.6. The Balaban J connectivity index is 1.70. The second kappa shape index (κ2) is 7.86. The maximum absolute atomic E-state index is 14.6. The third-order valence-corrected chi connectivity index (χ3v) is 4.49. The van der Waals surface area contributed by atoms with Crippen LogP contribution in [0.25, 0.3) is 0 Å². The van der Waals surface area contributed by atoms with E-state index < -0.39 is 11.9 Å². The van der Waals surface area contributed by atoms with Gasteiger partial charge in [0.15, 0.2) is 0 Å². The molecule has 26 heavy (non-hydrogen) atoms. The lowest BCUT2D eigenvalue weighted by Gasteiger charge is -2.23. The molecule has 0 bridgehead atoms. The summed E-state index contributed by atoms with van der Waals surface area (Å²) < 4.78 is 19.9. The van der Waals surface area contributed by atoms with Crippen molar-refractivity contribution < 1.29 is 18.7 Å². The highest BCUT2D eigenvalue weighted by atomic mass is 32.1. The van der Waals surface area contributed by atoms with Crippen molar-refractivity contribution in [3.05, 3.63) is 24.0 Å². The molecule has 2 fully saturated rings. The Morgan fingerprint density at radius 3 is 2.96 bits per heavy atom. The smallest absolute Gasteiger partial charge is 0.414 e. The number of nitrogens with zero attached hydrogens (tertiary/aromatic N) is 2. The molecular formula is C17H21FN4O3S. The minimum absolute atomic E-state index is 0.0319. The number of ether oxygens (including phenoxy) is 1. The predicted octanol–water partition coefficient (Wildman–Crippen LogP) is 1.41. The average Bonchev–Trinajstić information content (AvgIpc) is 2.83. The number of nitrogens with one attached hydrogen (secondary N) is 2. The summed E-state index contributed by atoms with van der Waals surface area (Å²) in [6, 6.07) is 4.66. The Morgan fingerprint density at radius 1 is 1.42 bits per heavy atom. The highest BCUT2D eigenvalue weighted by molar-refractivity contribution is 7.80. The number of benzene rings is 1. The monoisotopic (exact) mass is 380 g/mol. The van der Waals surface area contributed by atoms with E-state index in [9.17, 15) is 14.0 Å². The molecule has 2 saturated heterocycles. The van der Waals surface area contributed by atoms with E-state index in [1.165, 1.54) is 11.0 Å². The van der Waals surface area contributed by atoms with Gasteiger partial charge in [-0.2, -0.15) is 0 Å². The second-order valence-corrected chi connectivity index (χ2v) is 6.89. The molecule has 1 aromatic rings. The molecule has 0 spiro atoms. The molecule has 2 amide bonds. The zero-order valence-electron chi connectivity index (χ0n) is 14.5. The standard InChI is InChI=1S/C17H21FN4O3S/c1-11(26)20-9-13-10-22(17(24)25-13)12-2-3-15(14(18)8-12)21-6-4-16(23)19-5-7-21/h2-3,8,13H,4-7,9-10H2,1H3,(H,19,23)(H,20,26). The van der Waals surface area contributed by atoms with E-state index in [0.29, 0.717) is 55.5 Å². The van der Waals surface area contributed by atoms with Crippen LogP contribution in [0.2, 0.25) is 0 Å².